The highest BCUT2D eigenvalue weighted by atomic mass is 16.6. The summed E-state index contributed by atoms with van der Waals surface area (Å²) >= 11 is 0. The maximum atomic E-state index is 12.8. The van der Waals surface area contributed by atoms with Crippen molar-refractivity contribution in [2.75, 3.05) is 26.1 Å². The Labute approximate surface area is 166 Å². The molecule has 9 nitrogen and oxygen atoms in total. The monoisotopic (exact) mass is 397 g/mol. The van der Waals surface area contributed by atoms with E-state index in [4.69, 9.17) is 9.47 Å². The average molecular weight is 397 g/mol. The Morgan fingerprint density at radius 2 is 1.66 bits per heavy atom. The van der Waals surface area contributed by atoms with Crippen molar-refractivity contribution in [2.45, 2.75) is 6.92 Å². The number of amides is 2. The summed E-state index contributed by atoms with van der Waals surface area (Å²) in [4.78, 5) is 37.1. The molecular weight excluding hydrogens is 378 g/mol. The van der Waals surface area contributed by atoms with Gasteiger partial charge >= 0.3 is 0 Å². The fourth-order valence-electron chi connectivity index (χ4n) is 3.06. The van der Waals surface area contributed by atoms with Gasteiger partial charge in [0.05, 0.1) is 24.7 Å². The van der Waals surface area contributed by atoms with E-state index in [0.29, 0.717) is 22.7 Å². The van der Waals surface area contributed by atoms with Gasteiger partial charge in [0.1, 0.15) is 5.70 Å². The molecule has 0 saturated carbocycles. The Kier molecular flexibility index (Phi) is 5.49. The van der Waals surface area contributed by atoms with Crippen molar-refractivity contribution in [3.8, 4) is 11.5 Å². The van der Waals surface area contributed by atoms with E-state index in [1.165, 1.54) is 38.5 Å². The number of carbonyl (C=O) groups is 2. The summed E-state index contributed by atoms with van der Waals surface area (Å²) < 4.78 is 10.5. The smallest absolute Gasteiger partial charge is 0.278 e. The number of nitro benzene ring substituents is 1. The molecule has 2 aromatic carbocycles. The predicted molar refractivity (Wildman–Crippen MR) is 106 cm³/mol. The fourth-order valence-corrected chi connectivity index (χ4v) is 3.06. The van der Waals surface area contributed by atoms with E-state index < -0.39 is 16.7 Å². The number of imide groups is 1. The zero-order valence-corrected chi connectivity index (χ0v) is 16.1. The minimum Gasteiger partial charge on any atom is -0.493 e. The second-order valence-electron chi connectivity index (χ2n) is 6.10. The van der Waals surface area contributed by atoms with Gasteiger partial charge in [-0.1, -0.05) is 0 Å². The van der Waals surface area contributed by atoms with Gasteiger partial charge in [-0.25, -0.2) is 0 Å². The number of ether oxygens (including phenoxy) is 2. The number of hydrogen-bond donors (Lipinski definition) is 1. The minimum atomic E-state index is -0.527. The molecule has 2 amide bonds. The molecule has 0 atom stereocenters. The summed E-state index contributed by atoms with van der Waals surface area (Å²) in [6.45, 7) is 1.90. The van der Waals surface area contributed by atoms with Crippen LogP contribution in [0.25, 0.3) is 5.57 Å². The summed E-state index contributed by atoms with van der Waals surface area (Å²) in [5.74, 6) is 0.0423. The van der Waals surface area contributed by atoms with Crippen LogP contribution in [0.2, 0.25) is 0 Å². The molecule has 1 aliphatic rings. The lowest BCUT2D eigenvalue weighted by molar-refractivity contribution is -0.384. The van der Waals surface area contributed by atoms with Gasteiger partial charge < -0.3 is 14.8 Å². The molecule has 0 spiro atoms. The van der Waals surface area contributed by atoms with Crippen LogP contribution >= 0.6 is 0 Å². The van der Waals surface area contributed by atoms with Crippen molar-refractivity contribution < 1.29 is 24.0 Å². The Morgan fingerprint density at radius 1 is 1.00 bits per heavy atom. The van der Waals surface area contributed by atoms with Crippen LogP contribution in [0.3, 0.4) is 0 Å². The second-order valence-corrected chi connectivity index (χ2v) is 6.10. The number of likely N-dealkylation sites (N-methyl/N-ethyl adjacent to an activating group) is 1. The Morgan fingerprint density at radius 3 is 2.21 bits per heavy atom. The molecule has 0 aromatic heterocycles. The topological polar surface area (TPSA) is 111 Å². The largest absolute Gasteiger partial charge is 0.493 e. The highest BCUT2D eigenvalue weighted by Gasteiger charge is 2.38. The SMILES string of the molecule is CCN1C(=O)C(Nc2ccc(OC)c(OC)c2)=C(c2ccc([N+](=O)[O-])cc2)C1=O. The number of nitrogens with one attached hydrogen (secondary N) is 1. The predicted octanol–water partition coefficient (Wildman–Crippen LogP) is 2.82. The van der Waals surface area contributed by atoms with Crippen molar-refractivity contribution >= 4 is 28.8 Å². The number of non-ortho nitro benzene ring substituents is 1. The Balaban J connectivity index is 2.06. The van der Waals surface area contributed by atoms with E-state index in [2.05, 4.69) is 5.32 Å². The number of rotatable bonds is 7. The molecule has 0 bridgehead atoms. The first-order chi connectivity index (χ1) is 13.9. The molecule has 29 heavy (non-hydrogen) atoms. The van der Waals surface area contributed by atoms with Gasteiger partial charge in [-0.15, -0.1) is 0 Å². The Hall–Kier alpha value is -3.88. The number of anilines is 1. The molecule has 1 heterocycles. The van der Waals surface area contributed by atoms with Gasteiger partial charge in [0.2, 0.25) is 0 Å². The van der Waals surface area contributed by atoms with Crippen LogP contribution in [-0.2, 0) is 9.59 Å². The Bertz CT molecular complexity index is 1010. The summed E-state index contributed by atoms with van der Waals surface area (Å²) in [7, 11) is 3.00. The second kappa shape index (κ2) is 8.01. The van der Waals surface area contributed by atoms with Gasteiger partial charge in [0.25, 0.3) is 17.5 Å². The third-order valence-corrected chi connectivity index (χ3v) is 4.50. The van der Waals surface area contributed by atoms with E-state index in [0.717, 1.165) is 4.90 Å². The highest BCUT2D eigenvalue weighted by molar-refractivity contribution is 6.36. The molecule has 2 aromatic rings. The molecule has 1 aliphatic heterocycles. The number of hydrogen-bond acceptors (Lipinski definition) is 7. The van der Waals surface area contributed by atoms with Gasteiger partial charge in [0, 0.05) is 30.4 Å². The summed E-state index contributed by atoms with van der Waals surface area (Å²) in [6, 6.07) is 10.5. The van der Waals surface area contributed by atoms with Crippen molar-refractivity contribution in [1.82, 2.24) is 4.90 Å². The van der Waals surface area contributed by atoms with Crippen molar-refractivity contribution in [1.29, 1.82) is 0 Å². The van der Waals surface area contributed by atoms with Gasteiger partial charge in [-0.2, -0.15) is 0 Å². The third-order valence-electron chi connectivity index (χ3n) is 4.50. The first-order valence-corrected chi connectivity index (χ1v) is 8.75. The molecular formula is C20H19N3O6. The molecule has 1 N–H and O–H groups in total. The number of benzene rings is 2. The van der Waals surface area contributed by atoms with Gasteiger partial charge in [-0.05, 0) is 36.8 Å². The molecule has 0 saturated heterocycles. The van der Waals surface area contributed by atoms with E-state index >= 15 is 0 Å². The lowest BCUT2D eigenvalue weighted by Gasteiger charge is -2.13. The number of carbonyl (C=O) groups excluding carboxylic acids is 2. The third kappa shape index (κ3) is 3.62. The van der Waals surface area contributed by atoms with E-state index in [1.54, 1.807) is 25.1 Å². The normalized spacial score (nSPS) is 13.7. The van der Waals surface area contributed by atoms with E-state index in [-0.39, 0.29) is 23.5 Å². The van der Waals surface area contributed by atoms with Crippen LogP contribution in [0.5, 0.6) is 11.5 Å². The maximum Gasteiger partial charge on any atom is 0.278 e. The zero-order valence-electron chi connectivity index (χ0n) is 16.1. The first-order valence-electron chi connectivity index (χ1n) is 8.75. The van der Waals surface area contributed by atoms with Crippen molar-refractivity contribution in [3.63, 3.8) is 0 Å². The average Bonchev–Trinajstić information content (AvgIpc) is 2.96. The van der Waals surface area contributed by atoms with Gasteiger partial charge in [0.15, 0.2) is 11.5 Å². The fraction of sp³-hybridized carbons (Fsp3) is 0.200. The lowest BCUT2D eigenvalue weighted by atomic mass is 10.0. The van der Waals surface area contributed by atoms with Crippen LogP contribution < -0.4 is 14.8 Å². The number of nitro groups is 1. The lowest BCUT2D eigenvalue weighted by Crippen LogP contribution is -2.32. The highest BCUT2D eigenvalue weighted by Crippen LogP contribution is 2.34. The van der Waals surface area contributed by atoms with Crippen LogP contribution in [0.15, 0.2) is 48.2 Å². The first kappa shape index (κ1) is 19.9. The van der Waals surface area contributed by atoms with Crippen LogP contribution in [0.1, 0.15) is 12.5 Å². The van der Waals surface area contributed by atoms with E-state index in [1.807, 2.05) is 0 Å². The molecule has 0 aliphatic carbocycles. The van der Waals surface area contributed by atoms with Gasteiger partial charge in [-0.3, -0.25) is 24.6 Å². The van der Waals surface area contributed by atoms with Crippen molar-refractivity contribution in [3.05, 3.63) is 63.8 Å². The number of nitrogens with zero attached hydrogens (tertiary/aromatic N) is 2. The van der Waals surface area contributed by atoms with Crippen LogP contribution in [0, 0.1) is 10.1 Å². The summed E-state index contributed by atoms with van der Waals surface area (Å²) in [6.07, 6.45) is 0. The molecule has 9 heteroatoms. The van der Waals surface area contributed by atoms with Crippen LogP contribution in [-0.4, -0.2) is 42.4 Å². The molecule has 3 rings (SSSR count). The molecule has 0 radical (unpaired) electrons. The molecule has 150 valence electrons. The summed E-state index contributed by atoms with van der Waals surface area (Å²) in [5, 5.41) is 13.9. The van der Waals surface area contributed by atoms with E-state index in [9.17, 15) is 19.7 Å². The summed E-state index contributed by atoms with van der Waals surface area (Å²) in [5.41, 5.74) is 1.08. The standard InChI is InChI=1S/C20H19N3O6/c1-4-22-19(24)17(12-5-8-14(9-6-12)23(26)27)18(20(22)25)21-13-7-10-15(28-2)16(11-13)29-3/h5-11,21H,4H2,1-3H3. The number of methoxy groups -OCH3 is 2. The molecule has 0 fully saturated rings. The van der Waals surface area contributed by atoms with Crippen molar-refractivity contribution in [2.24, 2.45) is 0 Å². The molecule has 0 unspecified atom stereocenters. The zero-order chi connectivity index (χ0) is 21.1. The van der Waals surface area contributed by atoms with Crippen LogP contribution in [0.4, 0.5) is 11.4 Å². The quantitative estimate of drug-likeness (QED) is 0.434. The maximum absolute atomic E-state index is 12.8. The minimum absolute atomic E-state index is 0.0953.